The Morgan fingerprint density at radius 2 is 2.08 bits per heavy atom. The molecular weight excluding hydrogens is 314 g/mol. The zero-order valence-corrected chi connectivity index (χ0v) is 14.2. The van der Waals surface area contributed by atoms with E-state index in [1.165, 1.54) is 11.1 Å². The molecule has 7 heteroatoms. The third-order valence-corrected chi connectivity index (χ3v) is 4.51. The maximum absolute atomic E-state index is 4.89. The second-order valence-corrected chi connectivity index (χ2v) is 6.24. The van der Waals surface area contributed by atoms with Crippen LogP contribution in [0.3, 0.4) is 0 Å². The Labute approximate surface area is 146 Å². The minimum Gasteiger partial charge on any atom is -0.359 e. The number of likely N-dealkylation sites (N-methyl/N-ethyl adjacent to an activating group) is 1. The van der Waals surface area contributed by atoms with E-state index in [2.05, 4.69) is 32.4 Å². The van der Waals surface area contributed by atoms with E-state index in [1.807, 2.05) is 24.5 Å². The van der Waals surface area contributed by atoms with Gasteiger partial charge in [0, 0.05) is 49.9 Å². The van der Waals surface area contributed by atoms with Crippen LogP contribution in [-0.4, -0.2) is 45.3 Å². The van der Waals surface area contributed by atoms with Gasteiger partial charge in [0.15, 0.2) is 5.82 Å². The first-order chi connectivity index (χ1) is 12.3. The molecular formula is C18H21N7. The van der Waals surface area contributed by atoms with E-state index in [0.29, 0.717) is 0 Å². The summed E-state index contributed by atoms with van der Waals surface area (Å²) >= 11 is 0. The van der Waals surface area contributed by atoms with Gasteiger partial charge in [0.1, 0.15) is 5.82 Å². The highest BCUT2D eigenvalue weighted by atomic mass is 15.2. The summed E-state index contributed by atoms with van der Waals surface area (Å²) in [5, 5.41) is 10.3. The normalized spacial score (nSPS) is 13.5. The number of nitrogens with zero attached hydrogens (tertiary/aromatic N) is 5. The van der Waals surface area contributed by atoms with Crippen LogP contribution in [0.5, 0.6) is 0 Å². The Morgan fingerprint density at radius 1 is 1.20 bits per heavy atom. The van der Waals surface area contributed by atoms with E-state index in [0.717, 1.165) is 55.4 Å². The number of nitrogens with one attached hydrogen (secondary N) is 2. The molecule has 25 heavy (non-hydrogen) atoms. The number of hydrogen-bond acceptors (Lipinski definition) is 6. The van der Waals surface area contributed by atoms with E-state index in [1.54, 1.807) is 12.4 Å². The second kappa shape index (κ2) is 6.98. The Hall–Kier alpha value is -2.80. The lowest BCUT2D eigenvalue weighted by Gasteiger charge is -2.26. The summed E-state index contributed by atoms with van der Waals surface area (Å²) in [4.78, 5) is 16.0. The number of aromatic nitrogens is 5. The first-order valence-electron chi connectivity index (χ1n) is 8.51. The molecule has 4 heterocycles. The van der Waals surface area contributed by atoms with Crippen LogP contribution in [0, 0.1) is 0 Å². The fourth-order valence-electron chi connectivity index (χ4n) is 3.10. The number of aromatic amines is 1. The van der Waals surface area contributed by atoms with Gasteiger partial charge in [-0.3, -0.25) is 10.1 Å². The van der Waals surface area contributed by atoms with Gasteiger partial charge in [-0.15, -0.1) is 0 Å². The van der Waals surface area contributed by atoms with Crippen molar-refractivity contribution < 1.29 is 0 Å². The van der Waals surface area contributed by atoms with Gasteiger partial charge < -0.3 is 10.2 Å². The smallest absolute Gasteiger partial charge is 0.161 e. The number of hydrogen-bond donors (Lipinski definition) is 2. The molecule has 0 amide bonds. The molecule has 0 saturated heterocycles. The van der Waals surface area contributed by atoms with Crippen molar-refractivity contribution in [3.8, 4) is 11.4 Å². The molecule has 1 aliphatic rings. The van der Waals surface area contributed by atoms with E-state index in [9.17, 15) is 0 Å². The van der Waals surface area contributed by atoms with Crippen molar-refractivity contribution in [2.45, 2.75) is 19.4 Å². The van der Waals surface area contributed by atoms with Gasteiger partial charge in [-0.25, -0.2) is 9.97 Å². The van der Waals surface area contributed by atoms with Gasteiger partial charge in [-0.05, 0) is 37.1 Å². The van der Waals surface area contributed by atoms with Crippen molar-refractivity contribution in [3.05, 3.63) is 53.7 Å². The van der Waals surface area contributed by atoms with Gasteiger partial charge >= 0.3 is 0 Å². The predicted molar refractivity (Wildman–Crippen MR) is 96.2 cm³/mol. The highest BCUT2D eigenvalue weighted by molar-refractivity contribution is 5.60. The average Bonchev–Trinajstić information content (AvgIpc) is 3.19. The molecule has 0 unspecified atom stereocenters. The van der Waals surface area contributed by atoms with Crippen LogP contribution in [0.15, 0.2) is 36.9 Å². The van der Waals surface area contributed by atoms with Crippen LogP contribution in [0.1, 0.15) is 16.8 Å². The van der Waals surface area contributed by atoms with Crippen LogP contribution in [0.2, 0.25) is 0 Å². The molecule has 1 aliphatic heterocycles. The predicted octanol–water partition coefficient (Wildman–Crippen LogP) is 1.59. The SMILES string of the molecule is CN(CCc1cn[nH]c1)c1nc(-c2ccncc2)nc2c1CCNC2. The first kappa shape index (κ1) is 15.7. The van der Waals surface area contributed by atoms with E-state index < -0.39 is 0 Å². The maximum Gasteiger partial charge on any atom is 0.161 e. The molecule has 0 bridgehead atoms. The summed E-state index contributed by atoms with van der Waals surface area (Å²) in [6.07, 6.45) is 9.24. The van der Waals surface area contributed by atoms with Gasteiger partial charge in [0.05, 0.1) is 11.9 Å². The Balaban J connectivity index is 1.67. The molecule has 0 aliphatic carbocycles. The van der Waals surface area contributed by atoms with Crippen molar-refractivity contribution in [1.82, 2.24) is 30.5 Å². The molecule has 0 fully saturated rings. The number of fused-ring (bicyclic) bond motifs is 1. The van der Waals surface area contributed by atoms with Crippen molar-refractivity contribution in [1.29, 1.82) is 0 Å². The van der Waals surface area contributed by atoms with Crippen molar-refractivity contribution in [2.24, 2.45) is 0 Å². The van der Waals surface area contributed by atoms with Gasteiger partial charge in [0.25, 0.3) is 0 Å². The number of anilines is 1. The molecule has 128 valence electrons. The topological polar surface area (TPSA) is 82.6 Å². The fraction of sp³-hybridized carbons (Fsp3) is 0.333. The maximum atomic E-state index is 4.89. The molecule has 4 rings (SSSR count). The van der Waals surface area contributed by atoms with Gasteiger partial charge in [-0.2, -0.15) is 5.10 Å². The van der Waals surface area contributed by atoms with Crippen LogP contribution >= 0.6 is 0 Å². The van der Waals surface area contributed by atoms with Crippen LogP contribution in [0.25, 0.3) is 11.4 Å². The summed E-state index contributed by atoms with van der Waals surface area (Å²) in [5.74, 6) is 1.79. The highest BCUT2D eigenvalue weighted by Crippen LogP contribution is 2.26. The lowest BCUT2D eigenvalue weighted by atomic mass is 10.1. The molecule has 0 saturated carbocycles. The summed E-state index contributed by atoms with van der Waals surface area (Å²) in [6, 6.07) is 3.90. The molecule has 0 spiro atoms. The zero-order valence-electron chi connectivity index (χ0n) is 14.2. The third kappa shape index (κ3) is 3.36. The quantitative estimate of drug-likeness (QED) is 0.737. The Bertz CT molecular complexity index is 830. The highest BCUT2D eigenvalue weighted by Gasteiger charge is 2.20. The van der Waals surface area contributed by atoms with Crippen molar-refractivity contribution >= 4 is 5.82 Å². The monoisotopic (exact) mass is 335 g/mol. The van der Waals surface area contributed by atoms with Gasteiger partial charge in [-0.1, -0.05) is 0 Å². The second-order valence-electron chi connectivity index (χ2n) is 6.24. The summed E-state index contributed by atoms with van der Waals surface area (Å²) < 4.78 is 0. The minimum atomic E-state index is 0.759. The first-order valence-corrected chi connectivity index (χ1v) is 8.51. The van der Waals surface area contributed by atoms with E-state index in [4.69, 9.17) is 9.97 Å². The summed E-state index contributed by atoms with van der Waals surface area (Å²) in [6.45, 7) is 2.64. The number of H-pyrrole nitrogens is 1. The largest absolute Gasteiger partial charge is 0.359 e. The van der Waals surface area contributed by atoms with E-state index in [-0.39, 0.29) is 0 Å². The van der Waals surface area contributed by atoms with E-state index >= 15 is 0 Å². The average molecular weight is 335 g/mol. The lowest BCUT2D eigenvalue weighted by molar-refractivity contribution is 0.621. The molecule has 0 aromatic carbocycles. The fourth-order valence-corrected chi connectivity index (χ4v) is 3.10. The van der Waals surface area contributed by atoms with Crippen LogP contribution in [-0.2, 0) is 19.4 Å². The lowest BCUT2D eigenvalue weighted by Crippen LogP contribution is -2.30. The standard InChI is InChI=1S/C18H21N7/c1-25(9-5-13-10-21-22-11-13)18-15-4-8-20-12-16(15)23-17(24-18)14-2-6-19-7-3-14/h2-3,6-7,10-11,20H,4-5,8-9,12H2,1H3,(H,21,22). The molecule has 0 radical (unpaired) electrons. The number of rotatable bonds is 5. The molecule has 3 aromatic heterocycles. The summed E-state index contributed by atoms with van der Waals surface area (Å²) in [7, 11) is 2.10. The van der Waals surface area contributed by atoms with Crippen LogP contribution < -0.4 is 10.2 Å². The minimum absolute atomic E-state index is 0.759. The van der Waals surface area contributed by atoms with Crippen molar-refractivity contribution in [2.75, 3.05) is 25.0 Å². The van der Waals surface area contributed by atoms with Crippen molar-refractivity contribution in [3.63, 3.8) is 0 Å². The number of pyridine rings is 1. The Morgan fingerprint density at radius 3 is 2.88 bits per heavy atom. The zero-order chi connectivity index (χ0) is 17.1. The molecule has 7 nitrogen and oxygen atoms in total. The summed E-state index contributed by atoms with van der Waals surface area (Å²) in [5.41, 5.74) is 4.54. The van der Waals surface area contributed by atoms with Gasteiger partial charge in [0.2, 0.25) is 0 Å². The molecule has 3 aromatic rings. The molecule has 0 atom stereocenters. The van der Waals surface area contributed by atoms with Crippen LogP contribution in [0.4, 0.5) is 5.82 Å². The Kier molecular flexibility index (Phi) is 4.39. The third-order valence-electron chi connectivity index (χ3n) is 4.51. The molecule has 2 N–H and O–H groups in total.